The molecule has 1 saturated heterocycles. The van der Waals surface area contributed by atoms with Crippen molar-refractivity contribution in [2.45, 2.75) is 57.9 Å². The molecule has 0 radical (unpaired) electrons. The summed E-state index contributed by atoms with van der Waals surface area (Å²) in [6.45, 7) is 6.74. The van der Waals surface area contributed by atoms with Crippen LogP contribution in [0.1, 0.15) is 39.2 Å². The van der Waals surface area contributed by atoms with Crippen molar-refractivity contribution in [2.75, 3.05) is 19.7 Å². The first-order valence-electron chi connectivity index (χ1n) is 10.8. The van der Waals surface area contributed by atoms with E-state index in [1.165, 1.54) is 0 Å². The predicted molar refractivity (Wildman–Crippen MR) is 117 cm³/mol. The fourth-order valence-electron chi connectivity index (χ4n) is 3.89. The lowest BCUT2D eigenvalue weighted by Gasteiger charge is -2.36. The second-order valence-electron chi connectivity index (χ2n) is 9.32. The molecule has 1 saturated carbocycles. The van der Waals surface area contributed by atoms with E-state index in [4.69, 9.17) is 9.47 Å². The number of amides is 2. The van der Waals surface area contributed by atoms with Crippen LogP contribution in [0.2, 0.25) is 0 Å². The highest BCUT2D eigenvalue weighted by Crippen LogP contribution is 2.32. The van der Waals surface area contributed by atoms with Gasteiger partial charge in [0.05, 0.1) is 13.2 Å². The lowest BCUT2D eigenvalue weighted by Crippen LogP contribution is -2.53. The quantitative estimate of drug-likeness (QED) is 0.807. The van der Waals surface area contributed by atoms with E-state index >= 15 is 0 Å². The monoisotopic (exact) mass is 426 g/mol. The number of hydrogen-bond acceptors (Lipinski definition) is 5. The number of hydrogen-bond donors (Lipinski definition) is 1. The maximum atomic E-state index is 13.3. The first-order valence-corrected chi connectivity index (χ1v) is 10.8. The molecule has 1 N–H and O–H groups in total. The number of benzene rings is 2. The molecule has 0 aromatic heterocycles. The van der Waals surface area contributed by atoms with Gasteiger partial charge in [0, 0.05) is 24.5 Å². The highest BCUT2D eigenvalue weighted by molar-refractivity contribution is 5.89. The van der Waals surface area contributed by atoms with Crippen molar-refractivity contribution >= 4 is 22.8 Å². The van der Waals surface area contributed by atoms with Crippen LogP contribution in [0.25, 0.3) is 10.8 Å². The van der Waals surface area contributed by atoms with Crippen molar-refractivity contribution in [3.8, 4) is 5.75 Å². The Hall–Kier alpha value is -2.80. The molecular formula is C24H30N2O5. The van der Waals surface area contributed by atoms with Crippen molar-refractivity contribution in [2.24, 2.45) is 0 Å². The van der Waals surface area contributed by atoms with Gasteiger partial charge in [-0.15, -0.1) is 0 Å². The van der Waals surface area contributed by atoms with Crippen LogP contribution in [0.3, 0.4) is 0 Å². The lowest BCUT2D eigenvalue weighted by molar-refractivity contribution is -0.150. The van der Waals surface area contributed by atoms with Crippen LogP contribution < -0.4 is 0 Å². The van der Waals surface area contributed by atoms with Crippen LogP contribution in [-0.2, 0) is 20.8 Å². The highest BCUT2D eigenvalue weighted by atomic mass is 16.6. The average molecular weight is 427 g/mol. The Kier molecular flexibility index (Phi) is 5.79. The smallest absolute Gasteiger partial charge is 0.410 e. The van der Waals surface area contributed by atoms with Crippen LogP contribution in [-0.4, -0.2) is 64.4 Å². The zero-order valence-corrected chi connectivity index (χ0v) is 18.3. The number of aromatic hydroxyl groups is 1. The standard InChI is InChI=1S/C24H30N2O5/c1-24(2,3)31-23(29)25-10-11-30-21(15-25)22(28)26(18-8-9-18)14-16-12-17-6-4-5-7-19(17)20(27)13-16/h4-7,12-13,18,21,27H,8-11,14-15H2,1-3H3. The molecule has 7 heteroatoms. The van der Waals surface area contributed by atoms with Crippen molar-refractivity contribution in [1.29, 1.82) is 0 Å². The van der Waals surface area contributed by atoms with Gasteiger partial charge in [0.15, 0.2) is 6.10 Å². The largest absolute Gasteiger partial charge is 0.507 e. The topological polar surface area (TPSA) is 79.3 Å². The highest BCUT2D eigenvalue weighted by Gasteiger charge is 2.39. The third-order valence-corrected chi connectivity index (χ3v) is 5.52. The molecule has 1 heterocycles. The molecule has 7 nitrogen and oxygen atoms in total. The summed E-state index contributed by atoms with van der Waals surface area (Å²) < 4.78 is 11.2. The second kappa shape index (κ2) is 8.38. The predicted octanol–water partition coefficient (Wildman–Crippen LogP) is 3.67. The summed E-state index contributed by atoms with van der Waals surface area (Å²) in [5.74, 6) is 0.0877. The molecular weight excluding hydrogens is 396 g/mol. The Morgan fingerprint density at radius 3 is 2.68 bits per heavy atom. The molecule has 1 atom stereocenters. The molecule has 0 bridgehead atoms. The van der Waals surface area contributed by atoms with Gasteiger partial charge >= 0.3 is 6.09 Å². The molecule has 1 aliphatic heterocycles. The number of fused-ring (bicyclic) bond motifs is 1. The SMILES string of the molecule is CC(C)(C)OC(=O)N1CCOC(C(=O)N(Cc2cc(O)c3ccccc3c2)C2CC2)C1. The van der Waals surface area contributed by atoms with E-state index in [9.17, 15) is 14.7 Å². The summed E-state index contributed by atoms with van der Waals surface area (Å²) in [5, 5.41) is 12.1. The molecule has 166 valence electrons. The number of ether oxygens (including phenoxy) is 2. The third kappa shape index (κ3) is 5.10. The van der Waals surface area contributed by atoms with Gasteiger partial charge in [0.1, 0.15) is 11.4 Å². The van der Waals surface area contributed by atoms with E-state index in [1.807, 2.05) is 56.0 Å². The Morgan fingerprint density at radius 1 is 1.23 bits per heavy atom. The van der Waals surface area contributed by atoms with Gasteiger partial charge in [-0.05, 0) is 56.7 Å². The van der Waals surface area contributed by atoms with Crippen LogP contribution in [0.4, 0.5) is 4.79 Å². The van der Waals surface area contributed by atoms with Gasteiger partial charge in [-0.3, -0.25) is 4.79 Å². The minimum Gasteiger partial charge on any atom is -0.507 e. The van der Waals surface area contributed by atoms with Gasteiger partial charge in [0.25, 0.3) is 5.91 Å². The van der Waals surface area contributed by atoms with Crippen LogP contribution >= 0.6 is 0 Å². The van der Waals surface area contributed by atoms with Crippen LogP contribution in [0.5, 0.6) is 5.75 Å². The maximum Gasteiger partial charge on any atom is 0.410 e. The lowest BCUT2D eigenvalue weighted by atomic mass is 10.1. The Morgan fingerprint density at radius 2 is 1.97 bits per heavy atom. The number of nitrogens with zero attached hydrogens (tertiary/aromatic N) is 2. The molecule has 4 rings (SSSR count). The van der Waals surface area contributed by atoms with E-state index in [0.717, 1.165) is 29.2 Å². The zero-order chi connectivity index (χ0) is 22.2. The van der Waals surface area contributed by atoms with Crippen LogP contribution in [0, 0.1) is 0 Å². The maximum absolute atomic E-state index is 13.3. The van der Waals surface area contributed by atoms with Crippen molar-refractivity contribution < 1.29 is 24.2 Å². The van der Waals surface area contributed by atoms with Gasteiger partial charge in [0.2, 0.25) is 0 Å². The molecule has 1 unspecified atom stereocenters. The Labute approximate surface area is 182 Å². The molecule has 2 fully saturated rings. The molecule has 1 aliphatic carbocycles. The molecule has 31 heavy (non-hydrogen) atoms. The first-order chi connectivity index (χ1) is 14.7. The molecule has 2 aromatic carbocycles. The summed E-state index contributed by atoms with van der Waals surface area (Å²) in [6, 6.07) is 11.5. The van der Waals surface area contributed by atoms with E-state index in [0.29, 0.717) is 19.7 Å². The number of morpholine rings is 1. The molecule has 0 spiro atoms. The number of rotatable bonds is 4. The number of carbonyl (C=O) groups is 2. The summed E-state index contributed by atoms with van der Waals surface area (Å²) in [7, 11) is 0. The summed E-state index contributed by atoms with van der Waals surface area (Å²) in [5.41, 5.74) is 0.281. The first kappa shape index (κ1) is 21.4. The van der Waals surface area contributed by atoms with E-state index in [2.05, 4.69) is 0 Å². The number of phenols is 1. The second-order valence-corrected chi connectivity index (χ2v) is 9.32. The fourth-order valence-corrected chi connectivity index (χ4v) is 3.89. The molecule has 2 aromatic rings. The van der Waals surface area contributed by atoms with Gasteiger partial charge in [-0.25, -0.2) is 4.79 Å². The number of phenolic OH excluding ortho intramolecular Hbond substituents is 1. The normalized spacial score (nSPS) is 19.3. The van der Waals surface area contributed by atoms with E-state index < -0.39 is 17.8 Å². The Balaban J connectivity index is 1.48. The minimum atomic E-state index is -0.712. The average Bonchev–Trinajstić information content (AvgIpc) is 3.56. The van der Waals surface area contributed by atoms with Crippen LogP contribution in [0.15, 0.2) is 36.4 Å². The zero-order valence-electron chi connectivity index (χ0n) is 18.3. The van der Waals surface area contributed by atoms with E-state index in [1.54, 1.807) is 11.0 Å². The molecule has 2 amide bonds. The summed E-state index contributed by atoms with van der Waals surface area (Å²) >= 11 is 0. The van der Waals surface area contributed by atoms with E-state index in [-0.39, 0.29) is 24.2 Å². The fraction of sp³-hybridized carbons (Fsp3) is 0.500. The Bertz CT molecular complexity index is 980. The van der Waals surface area contributed by atoms with Crippen molar-refractivity contribution in [1.82, 2.24) is 9.80 Å². The summed E-state index contributed by atoms with van der Waals surface area (Å²) in [6.07, 6.45) is 0.767. The van der Waals surface area contributed by atoms with Gasteiger partial charge in [-0.1, -0.05) is 24.3 Å². The van der Waals surface area contributed by atoms with Crippen molar-refractivity contribution in [3.63, 3.8) is 0 Å². The summed E-state index contributed by atoms with van der Waals surface area (Å²) in [4.78, 5) is 29.2. The minimum absolute atomic E-state index is 0.122. The number of carbonyl (C=O) groups excluding carboxylic acids is 2. The van der Waals surface area contributed by atoms with Gasteiger partial charge in [-0.2, -0.15) is 0 Å². The third-order valence-electron chi connectivity index (χ3n) is 5.52. The molecule has 2 aliphatic rings. The van der Waals surface area contributed by atoms with Crippen molar-refractivity contribution in [3.05, 3.63) is 42.0 Å². The van der Waals surface area contributed by atoms with Gasteiger partial charge < -0.3 is 24.4 Å².